The van der Waals surface area contributed by atoms with E-state index in [1.165, 1.54) is 17.0 Å². The second-order valence-corrected chi connectivity index (χ2v) is 8.12. The molecule has 35 heavy (non-hydrogen) atoms. The van der Waals surface area contributed by atoms with Crippen LogP contribution in [0.1, 0.15) is 21.5 Å². The van der Waals surface area contributed by atoms with Crippen LogP contribution in [0.15, 0.2) is 66.9 Å². The van der Waals surface area contributed by atoms with Crippen LogP contribution >= 0.6 is 0 Å². The number of rotatable bonds is 7. The van der Waals surface area contributed by atoms with Gasteiger partial charge in [-0.2, -0.15) is 5.10 Å². The number of ether oxygens (including phenoxy) is 2. The van der Waals surface area contributed by atoms with Crippen molar-refractivity contribution in [3.05, 3.63) is 83.6 Å². The summed E-state index contributed by atoms with van der Waals surface area (Å²) < 4.78 is 12.5. The van der Waals surface area contributed by atoms with Crippen LogP contribution in [0.25, 0.3) is 16.9 Å². The summed E-state index contributed by atoms with van der Waals surface area (Å²) in [6.45, 7) is 2.18. The number of nitrogens with zero attached hydrogens (tertiary/aromatic N) is 3. The van der Waals surface area contributed by atoms with Crippen molar-refractivity contribution in [1.82, 2.24) is 14.7 Å². The summed E-state index contributed by atoms with van der Waals surface area (Å²) in [5.74, 6) is 0.197. The Morgan fingerprint density at radius 1 is 1.00 bits per heavy atom. The highest BCUT2D eigenvalue weighted by Crippen LogP contribution is 2.37. The molecule has 0 aliphatic heterocycles. The van der Waals surface area contributed by atoms with E-state index in [0.717, 1.165) is 16.8 Å². The van der Waals surface area contributed by atoms with E-state index in [9.17, 15) is 15.0 Å². The third-order valence-electron chi connectivity index (χ3n) is 5.85. The number of para-hydroxylation sites is 2. The van der Waals surface area contributed by atoms with Crippen molar-refractivity contribution in [2.45, 2.75) is 13.5 Å². The lowest BCUT2D eigenvalue weighted by molar-refractivity contribution is 0.0781. The SMILES string of the molecule is COc1cccc(CN(C)C(=O)c2cc(-c3ccnn3-c3ccccc3C)c(O)cc2O)c1OC. The fourth-order valence-electron chi connectivity index (χ4n) is 4.07. The number of carbonyl (C=O) groups is 1. The molecular formula is C27H27N3O5. The molecule has 0 atom stereocenters. The molecule has 0 radical (unpaired) electrons. The van der Waals surface area contributed by atoms with E-state index in [1.807, 2.05) is 43.3 Å². The van der Waals surface area contributed by atoms with Crippen molar-refractivity contribution in [3.8, 4) is 39.9 Å². The standard InChI is InChI=1S/C27H27N3O5/c1-17-8-5-6-10-21(17)30-22(12-13-28-30)19-14-20(24(32)15-23(19)31)27(33)29(2)16-18-9-7-11-25(34-3)26(18)35-4/h5-15,31-32H,16H2,1-4H3. The van der Waals surface area contributed by atoms with Crippen LogP contribution in [0, 0.1) is 6.92 Å². The summed E-state index contributed by atoms with van der Waals surface area (Å²) in [6, 6.07) is 17.6. The molecule has 0 aliphatic rings. The summed E-state index contributed by atoms with van der Waals surface area (Å²) in [5.41, 5.74) is 3.61. The minimum Gasteiger partial charge on any atom is -0.507 e. The molecular weight excluding hydrogens is 446 g/mol. The van der Waals surface area contributed by atoms with E-state index < -0.39 is 5.91 Å². The average Bonchev–Trinajstić information content (AvgIpc) is 3.33. The third-order valence-corrected chi connectivity index (χ3v) is 5.85. The van der Waals surface area contributed by atoms with E-state index in [-0.39, 0.29) is 23.6 Å². The molecule has 0 saturated heterocycles. The van der Waals surface area contributed by atoms with Crippen LogP contribution in [0.4, 0.5) is 0 Å². The third kappa shape index (κ3) is 4.50. The molecule has 8 nitrogen and oxygen atoms in total. The van der Waals surface area contributed by atoms with Gasteiger partial charge in [0, 0.05) is 30.8 Å². The number of benzene rings is 3. The smallest absolute Gasteiger partial charge is 0.257 e. The molecule has 0 spiro atoms. The second-order valence-electron chi connectivity index (χ2n) is 8.12. The number of aromatic nitrogens is 2. The predicted molar refractivity (Wildman–Crippen MR) is 132 cm³/mol. The minimum atomic E-state index is -0.421. The molecule has 2 N–H and O–H groups in total. The Hall–Kier alpha value is -4.46. The number of hydrogen-bond acceptors (Lipinski definition) is 6. The normalized spacial score (nSPS) is 10.7. The zero-order valence-electron chi connectivity index (χ0n) is 20.0. The maximum Gasteiger partial charge on any atom is 0.257 e. The highest BCUT2D eigenvalue weighted by Gasteiger charge is 2.23. The van der Waals surface area contributed by atoms with Gasteiger partial charge in [0.25, 0.3) is 5.91 Å². The fraction of sp³-hybridized carbons (Fsp3) is 0.185. The van der Waals surface area contributed by atoms with Gasteiger partial charge in [-0.3, -0.25) is 4.79 Å². The summed E-state index contributed by atoms with van der Waals surface area (Å²) in [7, 11) is 4.72. The Morgan fingerprint density at radius 3 is 2.49 bits per heavy atom. The molecule has 0 unspecified atom stereocenters. The Kier molecular flexibility index (Phi) is 6.64. The van der Waals surface area contributed by atoms with Crippen LogP contribution in [0.3, 0.4) is 0 Å². The van der Waals surface area contributed by atoms with E-state index >= 15 is 0 Å². The first-order valence-electron chi connectivity index (χ1n) is 11.0. The average molecular weight is 474 g/mol. The summed E-state index contributed by atoms with van der Waals surface area (Å²) in [4.78, 5) is 14.8. The first kappa shape index (κ1) is 23.7. The number of phenolic OH excluding ortho intramolecular Hbond substituents is 2. The van der Waals surface area contributed by atoms with Crippen LogP contribution in [0.5, 0.6) is 23.0 Å². The summed E-state index contributed by atoms with van der Waals surface area (Å²) >= 11 is 0. The van der Waals surface area contributed by atoms with E-state index in [0.29, 0.717) is 22.8 Å². The molecule has 0 bridgehead atoms. The van der Waals surface area contributed by atoms with Crippen molar-refractivity contribution >= 4 is 5.91 Å². The monoisotopic (exact) mass is 473 g/mol. The molecule has 0 saturated carbocycles. The van der Waals surface area contributed by atoms with E-state index in [2.05, 4.69) is 5.10 Å². The quantitative estimate of drug-likeness (QED) is 0.409. The largest absolute Gasteiger partial charge is 0.507 e. The molecule has 1 amide bonds. The Morgan fingerprint density at radius 2 is 1.77 bits per heavy atom. The van der Waals surface area contributed by atoms with Crippen molar-refractivity contribution in [1.29, 1.82) is 0 Å². The first-order valence-corrected chi connectivity index (χ1v) is 11.0. The van der Waals surface area contributed by atoms with Crippen LogP contribution in [-0.4, -0.2) is 52.1 Å². The maximum atomic E-state index is 13.4. The molecule has 1 aromatic heterocycles. The van der Waals surface area contributed by atoms with Crippen molar-refractivity contribution in [2.24, 2.45) is 0 Å². The number of amides is 1. The van der Waals surface area contributed by atoms with Crippen molar-refractivity contribution in [3.63, 3.8) is 0 Å². The van der Waals surface area contributed by atoms with Gasteiger partial charge in [-0.25, -0.2) is 4.68 Å². The van der Waals surface area contributed by atoms with Crippen LogP contribution in [0.2, 0.25) is 0 Å². The van der Waals surface area contributed by atoms with Gasteiger partial charge in [0.05, 0.1) is 37.4 Å². The van der Waals surface area contributed by atoms with E-state index in [1.54, 1.807) is 44.3 Å². The Bertz CT molecular complexity index is 1380. The lowest BCUT2D eigenvalue weighted by Gasteiger charge is -2.21. The molecule has 8 heteroatoms. The van der Waals surface area contributed by atoms with Crippen LogP contribution in [-0.2, 0) is 6.54 Å². The molecule has 4 aromatic rings. The number of methoxy groups -OCH3 is 2. The van der Waals surface area contributed by atoms with Gasteiger partial charge in [0.15, 0.2) is 11.5 Å². The topological polar surface area (TPSA) is 97.1 Å². The highest BCUT2D eigenvalue weighted by atomic mass is 16.5. The fourth-order valence-corrected chi connectivity index (χ4v) is 4.07. The van der Waals surface area contributed by atoms with Crippen molar-refractivity contribution < 1.29 is 24.5 Å². The van der Waals surface area contributed by atoms with Gasteiger partial charge in [-0.1, -0.05) is 30.3 Å². The van der Waals surface area contributed by atoms with E-state index in [4.69, 9.17) is 9.47 Å². The van der Waals surface area contributed by atoms with Gasteiger partial charge in [-0.05, 0) is 36.8 Å². The lowest BCUT2D eigenvalue weighted by Crippen LogP contribution is -2.26. The molecule has 0 aliphatic carbocycles. The number of phenols is 2. The summed E-state index contributed by atoms with van der Waals surface area (Å²) in [6.07, 6.45) is 1.62. The van der Waals surface area contributed by atoms with Gasteiger partial charge < -0.3 is 24.6 Å². The van der Waals surface area contributed by atoms with Crippen molar-refractivity contribution in [2.75, 3.05) is 21.3 Å². The molecule has 0 fully saturated rings. The Labute approximate surface area is 203 Å². The Balaban J connectivity index is 1.70. The molecule has 180 valence electrons. The molecule has 4 rings (SSSR count). The van der Waals surface area contributed by atoms with Gasteiger partial charge in [0.2, 0.25) is 0 Å². The highest BCUT2D eigenvalue weighted by molar-refractivity contribution is 5.98. The number of aromatic hydroxyl groups is 2. The number of hydrogen-bond donors (Lipinski definition) is 2. The lowest BCUT2D eigenvalue weighted by atomic mass is 10.0. The van der Waals surface area contributed by atoms with Crippen LogP contribution < -0.4 is 9.47 Å². The predicted octanol–water partition coefficient (Wildman–Crippen LogP) is 4.55. The first-order chi connectivity index (χ1) is 16.8. The van der Waals surface area contributed by atoms with Gasteiger partial charge in [-0.15, -0.1) is 0 Å². The minimum absolute atomic E-state index is 0.0553. The molecule has 3 aromatic carbocycles. The summed E-state index contributed by atoms with van der Waals surface area (Å²) in [5, 5.41) is 25.6. The second kappa shape index (κ2) is 9.80. The molecule has 1 heterocycles. The maximum absolute atomic E-state index is 13.4. The van der Waals surface area contributed by atoms with Gasteiger partial charge in [0.1, 0.15) is 11.5 Å². The number of aryl methyl sites for hydroxylation is 1. The van der Waals surface area contributed by atoms with Gasteiger partial charge >= 0.3 is 0 Å². The number of carbonyl (C=O) groups excluding carboxylic acids is 1. The zero-order chi connectivity index (χ0) is 25.1. The zero-order valence-corrected chi connectivity index (χ0v) is 20.0.